The summed E-state index contributed by atoms with van der Waals surface area (Å²) in [4.78, 5) is 11.3. The molecule has 1 heterocycles. The molecule has 1 aromatic rings. The first kappa shape index (κ1) is 15.5. The molecule has 3 rings (SSSR count). The van der Waals surface area contributed by atoms with E-state index in [0.29, 0.717) is 35.7 Å². The molecule has 1 aliphatic heterocycles. The summed E-state index contributed by atoms with van der Waals surface area (Å²) >= 11 is 6.38. The fourth-order valence-corrected chi connectivity index (χ4v) is 3.58. The summed E-state index contributed by atoms with van der Waals surface area (Å²) in [6.45, 7) is 5.18. The third-order valence-corrected chi connectivity index (χ3v) is 4.68. The molecule has 5 heteroatoms. The quantitative estimate of drug-likeness (QED) is 0.881. The van der Waals surface area contributed by atoms with Crippen LogP contribution in [0.1, 0.15) is 56.1 Å². The Bertz CT molecular complexity index is 593. The molecule has 4 nitrogen and oxygen atoms in total. The Morgan fingerprint density at radius 1 is 1.32 bits per heavy atom. The molecule has 1 unspecified atom stereocenters. The van der Waals surface area contributed by atoms with Crippen LogP contribution in [0.15, 0.2) is 6.07 Å². The Morgan fingerprint density at radius 2 is 1.95 bits per heavy atom. The first-order chi connectivity index (χ1) is 10.5. The summed E-state index contributed by atoms with van der Waals surface area (Å²) in [5, 5.41) is 9.79. The minimum Gasteiger partial charge on any atom is -0.486 e. The number of hydrogen-bond acceptors (Lipinski definition) is 3. The highest BCUT2D eigenvalue weighted by Gasteiger charge is 2.37. The Balaban J connectivity index is 2.12. The first-order valence-corrected chi connectivity index (χ1v) is 8.20. The lowest BCUT2D eigenvalue weighted by Crippen LogP contribution is -2.20. The Hall–Kier alpha value is -1.42. The normalized spacial score (nSPS) is 18.4. The van der Waals surface area contributed by atoms with Gasteiger partial charge in [-0.1, -0.05) is 25.4 Å². The second-order valence-electron chi connectivity index (χ2n) is 6.41. The maximum atomic E-state index is 11.3. The molecule has 2 aliphatic rings. The molecule has 1 aromatic carbocycles. The van der Waals surface area contributed by atoms with Crippen molar-refractivity contribution in [2.75, 3.05) is 13.2 Å². The Labute approximate surface area is 135 Å². The lowest BCUT2D eigenvalue weighted by molar-refractivity contribution is -0.137. The summed E-state index contributed by atoms with van der Waals surface area (Å²) in [7, 11) is 0. The Kier molecular flexibility index (Phi) is 4.22. The number of carboxylic acids is 1. The van der Waals surface area contributed by atoms with Crippen LogP contribution in [0.2, 0.25) is 5.02 Å². The minimum absolute atomic E-state index is 0.00299. The summed E-state index contributed by atoms with van der Waals surface area (Å²) in [5.41, 5.74) is 2.08. The van der Waals surface area contributed by atoms with Gasteiger partial charge in [-0.25, -0.2) is 0 Å². The van der Waals surface area contributed by atoms with Crippen LogP contribution >= 0.6 is 11.6 Å². The molecule has 1 fully saturated rings. The van der Waals surface area contributed by atoms with Gasteiger partial charge in [-0.3, -0.25) is 4.79 Å². The van der Waals surface area contributed by atoms with Gasteiger partial charge in [0, 0.05) is 5.56 Å². The molecule has 0 amide bonds. The van der Waals surface area contributed by atoms with Crippen LogP contribution in [-0.2, 0) is 4.79 Å². The lowest BCUT2D eigenvalue weighted by Gasteiger charge is -2.28. The number of carboxylic acid groups (broad SMARTS) is 1. The molecule has 1 atom stereocenters. The maximum Gasteiger partial charge on any atom is 0.303 e. The van der Waals surface area contributed by atoms with Gasteiger partial charge in [0.2, 0.25) is 0 Å². The zero-order valence-corrected chi connectivity index (χ0v) is 13.7. The van der Waals surface area contributed by atoms with Crippen molar-refractivity contribution in [1.29, 1.82) is 0 Å². The minimum atomic E-state index is -0.766. The molecule has 0 radical (unpaired) electrons. The Morgan fingerprint density at radius 3 is 2.50 bits per heavy atom. The van der Waals surface area contributed by atoms with E-state index in [2.05, 4.69) is 13.8 Å². The second-order valence-corrected chi connectivity index (χ2v) is 6.82. The van der Waals surface area contributed by atoms with E-state index in [0.717, 1.165) is 24.0 Å². The summed E-state index contributed by atoms with van der Waals surface area (Å²) < 4.78 is 11.5. The summed E-state index contributed by atoms with van der Waals surface area (Å²) in [6.07, 6.45) is 2.31. The first-order valence-electron chi connectivity index (χ1n) is 7.82. The van der Waals surface area contributed by atoms with Crippen molar-refractivity contribution < 1.29 is 19.4 Å². The maximum absolute atomic E-state index is 11.3. The van der Waals surface area contributed by atoms with Crippen molar-refractivity contribution >= 4 is 17.6 Å². The zero-order chi connectivity index (χ0) is 15.9. The van der Waals surface area contributed by atoms with Crippen LogP contribution < -0.4 is 9.47 Å². The number of benzene rings is 1. The van der Waals surface area contributed by atoms with E-state index in [9.17, 15) is 9.90 Å². The average Bonchev–Trinajstić information content (AvgIpc) is 3.28. The van der Waals surface area contributed by atoms with Gasteiger partial charge in [0.15, 0.2) is 11.5 Å². The number of ether oxygens (including phenoxy) is 2. The molecular weight excluding hydrogens is 304 g/mol. The predicted octanol–water partition coefficient (Wildman–Crippen LogP) is 4.20. The predicted molar refractivity (Wildman–Crippen MR) is 84.2 cm³/mol. The van der Waals surface area contributed by atoms with Gasteiger partial charge >= 0.3 is 5.97 Å². The molecule has 120 valence electrons. The molecule has 0 saturated heterocycles. The number of aliphatic carboxylic acids is 1. The number of fused-ring (bicyclic) bond motifs is 1. The highest BCUT2D eigenvalue weighted by Crippen LogP contribution is 2.52. The molecule has 1 N–H and O–H groups in total. The fraction of sp³-hybridized carbons (Fsp3) is 0.588. The number of hydrogen-bond donors (Lipinski definition) is 1. The van der Waals surface area contributed by atoms with Crippen molar-refractivity contribution in [3.8, 4) is 11.5 Å². The summed E-state index contributed by atoms with van der Waals surface area (Å²) in [6, 6.07) is 1.90. The van der Waals surface area contributed by atoms with E-state index in [4.69, 9.17) is 21.1 Å². The molecule has 0 spiro atoms. The van der Waals surface area contributed by atoms with Gasteiger partial charge in [0.05, 0.1) is 11.4 Å². The molecular formula is C17H21ClO4. The van der Waals surface area contributed by atoms with Crippen molar-refractivity contribution in [1.82, 2.24) is 0 Å². The van der Waals surface area contributed by atoms with E-state index in [1.165, 1.54) is 0 Å². The third-order valence-electron chi connectivity index (χ3n) is 4.40. The van der Waals surface area contributed by atoms with Gasteiger partial charge in [-0.15, -0.1) is 0 Å². The smallest absolute Gasteiger partial charge is 0.303 e. The van der Waals surface area contributed by atoms with Gasteiger partial charge in [-0.2, -0.15) is 0 Å². The van der Waals surface area contributed by atoms with Gasteiger partial charge in [0.1, 0.15) is 13.2 Å². The molecule has 0 bridgehead atoms. The van der Waals surface area contributed by atoms with Crippen LogP contribution in [0.5, 0.6) is 11.5 Å². The number of carbonyl (C=O) groups is 1. The standard InChI is InChI=1S/C17H21ClO4/c1-9(2)15-12(11(8-14(19)20)10-3-4-10)7-13(18)16-17(15)22-6-5-21-16/h7,9-11H,3-6,8H2,1-2H3,(H,19,20). The van der Waals surface area contributed by atoms with E-state index in [-0.39, 0.29) is 18.3 Å². The summed E-state index contributed by atoms with van der Waals surface area (Å²) in [5.74, 6) is 1.20. The molecule has 22 heavy (non-hydrogen) atoms. The van der Waals surface area contributed by atoms with Crippen molar-refractivity contribution in [3.63, 3.8) is 0 Å². The van der Waals surface area contributed by atoms with Crippen LogP contribution in [-0.4, -0.2) is 24.3 Å². The molecule has 0 aromatic heterocycles. The molecule has 1 saturated carbocycles. The van der Waals surface area contributed by atoms with E-state index >= 15 is 0 Å². The number of rotatable bonds is 5. The van der Waals surface area contributed by atoms with Gasteiger partial charge in [-0.05, 0) is 42.2 Å². The van der Waals surface area contributed by atoms with Crippen molar-refractivity contribution in [3.05, 3.63) is 22.2 Å². The topological polar surface area (TPSA) is 55.8 Å². The lowest BCUT2D eigenvalue weighted by atomic mass is 9.83. The third kappa shape index (κ3) is 2.89. The van der Waals surface area contributed by atoms with Crippen LogP contribution in [0.4, 0.5) is 0 Å². The SMILES string of the molecule is CC(C)c1c(C(CC(=O)O)C2CC2)cc(Cl)c2c1OCCO2. The molecule has 1 aliphatic carbocycles. The van der Waals surface area contributed by atoms with Gasteiger partial charge in [0.25, 0.3) is 0 Å². The second kappa shape index (κ2) is 5.99. The van der Waals surface area contributed by atoms with Gasteiger partial charge < -0.3 is 14.6 Å². The van der Waals surface area contributed by atoms with Crippen LogP contribution in [0, 0.1) is 5.92 Å². The van der Waals surface area contributed by atoms with E-state index in [1.807, 2.05) is 6.07 Å². The highest BCUT2D eigenvalue weighted by atomic mass is 35.5. The largest absolute Gasteiger partial charge is 0.486 e. The van der Waals surface area contributed by atoms with Crippen LogP contribution in [0.3, 0.4) is 0 Å². The van der Waals surface area contributed by atoms with E-state index in [1.54, 1.807) is 0 Å². The van der Waals surface area contributed by atoms with Crippen molar-refractivity contribution in [2.24, 2.45) is 5.92 Å². The van der Waals surface area contributed by atoms with Crippen LogP contribution in [0.25, 0.3) is 0 Å². The zero-order valence-electron chi connectivity index (χ0n) is 12.9. The monoisotopic (exact) mass is 324 g/mol. The van der Waals surface area contributed by atoms with Crippen molar-refractivity contribution in [2.45, 2.75) is 44.9 Å². The highest BCUT2D eigenvalue weighted by molar-refractivity contribution is 6.32. The number of halogens is 1. The van der Waals surface area contributed by atoms with E-state index < -0.39 is 5.97 Å². The fourth-order valence-electron chi connectivity index (χ4n) is 3.33. The average molecular weight is 325 g/mol.